The van der Waals surface area contributed by atoms with E-state index in [9.17, 15) is 4.79 Å². The lowest BCUT2D eigenvalue weighted by molar-refractivity contribution is -0.119. The van der Waals surface area contributed by atoms with Crippen molar-refractivity contribution >= 4 is 23.2 Å². The fraction of sp³-hybridized carbons (Fsp3) is 0.588. The summed E-state index contributed by atoms with van der Waals surface area (Å²) in [5.74, 6) is 1.21. The Bertz CT molecular complexity index is 510. The minimum absolute atomic E-state index is 0.134. The number of halogens is 1. The van der Waals surface area contributed by atoms with Crippen molar-refractivity contribution in [3.63, 3.8) is 0 Å². The van der Waals surface area contributed by atoms with Gasteiger partial charge in [-0.15, -0.1) is 11.6 Å². The van der Waals surface area contributed by atoms with Crippen LogP contribution in [0.5, 0.6) is 0 Å². The van der Waals surface area contributed by atoms with Crippen molar-refractivity contribution in [1.82, 2.24) is 0 Å². The first-order chi connectivity index (χ1) is 9.36. The quantitative estimate of drug-likeness (QED) is 0.744. The van der Waals surface area contributed by atoms with E-state index in [1.165, 1.54) is 11.1 Å². The van der Waals surface area contributed by atoms with E-state index in [0.29, 0.717) is 18.2 Å². The number of hydrogen-bond acceptors (Lipinski definition) is 1. The molecule has 110 valence electrons. The molecule has 1 aliphatic rings. The number of hydrogen-bond donors (Lipinski definition) is 0. The van der Waals surface area contributed by atoms with Crippen molar-refractivity contribution in [3.8, 4) is 0 Å². The molecule has 0 bridgehead atoms. The predicted molar refractivity (Wildman–Crippen MR) is 85.7 cm³/mol. The third-order valence-electron chi connectivity index (χ3n) is 4.14. The predicted octanol–water partition coefficient (Wildman–Crippen LogP) is 4.63. The number of anilines is 1. The van der Waals surface area contributed by atoms with Crippen LogP contribution in [0.1, 0.15) is 57.1 Å². The smallest absolute Gasteiger partial charge is 0.227 e. The van der Waals surface area contributed by atoms with Crippen molar-refractivity contribution in [1.29, 1.82) is 0 Å². The molecule has 1 heterocycles. The molecule has 0 saturated carbocycles. The number of nitrogens with zero attached hydrogens (tertiary/aromatic N) is 1. The molecule has 0 saturated heterocycles. The van der Waals surface area contributed by atoms with Crippen LogP contribution in [0, 0.1) is 6.92 Å². The number of carbonyl (C=O) groups is 1. The molecule has 0 radical (unpaired) electrons. The van der Waals surface area contributed by atoms with Crippen LogP contribution in [-0.4, -0.2) is 17.3 Å². The fourth-order valence-corrected chi connectivity index (χ4v) is 3.48. The van der Waals surface area contributed by atoms with Gasteiger partial charge in [-0.1, -0.05) is 24.6 Å². The van der Waals surface area contributed by atoms with Gasteiger partial charge < -0.3 is 4.90 Å². The molecule has 0 N–H and O–H groups in total. The van der Waals surface area contributed by atoms with E-state index in [1.54, 1.807) is 0 Å². The van der Waals surface area contributed by atoms with Crippen molar-refractivity contribution in [3.05, 3.63) is 29.3 Å². The minimum Gasteiger partial charge on any atom is -0.307 e. The maximum Gasteiger partial charge on any atom is 0.227 e. The summed E-state index contributed by atoms with van der Waals surface area (Å²) >= 11 is 5.73. The molecule has 20 heavy (non-hydrogen) atoms. The Labute approximate surface area is 127 Å². The average molecular weight is 294 g/mol. The minimum atomic E-state index is -0.134. The van der Waals surface area contributed by atoms with Crippen LogP contribution in [0.15, 0.2) is 18.2 Å². The first-order valence-electron chi connectivity index (χ1n) is 7.36. The average Bonchev–Trinajstić information content (AvgIpc) is 2.36. The van der Waals surface area contributed by atoms with Crippen LogP contribution in [0.4, 0.5) is 5.69 Å². The molecule has 1 aromatic carbocycles. The van der Waals surface area contributed by atoms with Gasteiger partial charge in [0.05, 0.1) is 0 Å². The molecule has 0 fully saturated rings. The number of amides is 1. The molecule has 1 atom stereocenters. The van der Waals surface area contributed by atoms with Crippen molar-refractivity contribution < 1.29 is 4.79 Å². The normalized spacial score (nSPS) is 20.6. The second-order valence-electron chi connectivity index (χ2n) is 6.50. The topological polar surface area (TPSA) is 20.3 Å². The Balaban J connectivity index is 2.43. The van der Waals surface area contributed by atoms with Gasteiger partial charge >= 0.3 is 0 Å². The summed E-state index contributed by atoms with van der Waals surface area (Å²) in [6.07, 6.45) is 2.26. The van der Waals surface area contributed by atoms with E-state index in [4.69, 9.17) is 11.6 Å². The van der Waals surface area contributed by atoms with E-state index in [2.05, 4.69) is 45.9 Å². The number of carbonyl (C=O) groups excluding carboxylic acids is 1. The number of rotatable bonds is 3. The van der Waals surface area contributed by atoms with E-state index in [0.717, 1.165) is 18.5 Å². The summed E-state index contributed by atoms with van der Waals surface area (Å²) < 4.78 is 0. The van der Waals surface area contributed by atoms with Gasteiger partial charge in [0.15, 0.2) is 0 Å². The number of benzene rings is 1. The summed E-state index contributed by atoms with van der Waals surface area (Å²) in [5, 5.41) is 0. The van der Waals surface area contributed by atoms with Gasteiger partial charge in [0.25, 0.3) is 0 Å². The van der Waals surface area contributed by atoms with E-state index in [-0.39, 0.29) is 11.4 Å². The van der Waals surface area contributed by atoms with Gasteiger partial charge in [0.1, 0.15) is 0 Å². The summed E-state index contributed by atoms with van der Waals surface area (Å²) in [6, 6.07) is 6.41. The zero-order valence-corrected chi connectivity index (χ0v) is 13.6. The van der Waals surface area contributed by atoms with Crippen molar-refractivity contribution in [2.24, 2.45) is 0 Å². The second-order valence-corrected chi connectivity index (χ2v) is 6.88. The lowest BCUT2D eigenvalue weighted by Gasteiger charge is -2.46. The van der Waals surface area contributed by atoms with E-state index < -0.39 is 0 Å². The molecule has 0 spiro atoms. The lowest BCUT2D eigenvalue weighted by Crippen LogP contribution is -2.51. The maximum absolute atomic E-state index is 12.6. The number of alkyl halides is 1. The van der Waals surface area contributed by atoms with Gasteiger partial charge in [-0.2, -0.15) is 0 Å². The second kappa shape index (κ2) is 5.77. The SMILES string of the molecule is Cc1ccc2c(c1)[C@H](C)CC(C)(C)N2C(=O)CCCCl. The van der Waals surface area contributed by atoms with Gasteiger partial charge in [-0.05, 0) is 51.2 Å². The largest absolute Gasteiger partial charge is 0.307 e. The molecule has 2 rings (SSSR count). The highest BCUT2D eigenvalue weighted by molar-refractivity contribution is 6.18. The lowest BCUT2D eigenvalue weighted by atomic mass is 9.79. The van der Waals surface area contributed by atoms with Crippen LogP contribution in [-0.2, 0) is 4.79 Å². The van der Waals surface area contributed by atoms with Gasteiger partial charge in [0.2, 0.25) is 5.91 Å². The molecular formula is C17H24ClNO. The molecule has 0 unspecified atom stereocenters. The molecule has 2 nitrogen and oxygen atoms in total. The molecular weight excluding hydrogens is 270 g/mol. The highest BCUT2D eigenvalue weighted by Gasteiger charge is 2.39. The first-order valence-corrected chi connectivity index (χ1v) is 7.90. The zero-order chi connectivity index (χ0) is 14.9. The maximum atomic E-state index is 12.6. The number of fused-ring (bicyclic) bond motifs is 1. The Kier molecular flexibility index (Phi) is 4.43. The summed E-state index contributed by atoms with van der Waals surface area (Å²) in [7, 11) is 0. The van der Waals surface area contributed by atoms with E-state index >= 15 is 0 Å². The molecule has 0 aliphatic carbocycles. The molecule has 1 amide bonds. The van der Waals surface area contributed by atoms with Crippen LogP contribution in [0.25, 0.3) is 0 Å². The van der Waals surface area contributed by atoms with Crippen LogP contribution in [0.3, 0.4) is 0 Å². The Hall–Kier alpha value is -1.02. The van der Waals surface area contributed by atoms with E-state index in [1.807, 2.05) is 4.90 Å². The Morgan fingerprint density at radius 2 is 2.15 bits per heavy atom. The summed E-state index contributed by atoms with van der Waals surface area (Å²) in [6.45, 7) is 8.67. The third kappa shape index (κ3) is 2.85. The Morgan fingerprint density at radius 3 is 2.80 bits per heavy atom. The summed E-state index contributed by atoms with van der Waals surface area (Å²) in [5.41, 5.74) is 3.50. The summed E-state index contributed by atoms with van der Waals surface area (Å²) in [4.78, 5) is 14.6. The highest BCUT2D eigenvalue weighted by atomic mass is 35.5. The van der Waals surface area contributed by atoms with Crippen LogP contribution in [0.2, 0.25) is 0 Å². The van der Waals surface area contributed by atoms with Gasteiger partial charge in [0, 0.05) is 23.5 Å². The zero-order valence-electron chi connectivity index (χ0n) is 12.9. The van der Waals surface area contributed by atoms with Crippen LogP contribution < -0.4 is 4.90 Å². The van der Waals surface area contributed by atoms with Crippen molar-refractivity contribution in [2.75, 3.05) is 10.8 Å². The number of aryl methyl sites for hydroxylation is 1. The third-order valence-corrected chi connectivity index (χ3v) is 4.41. The highest BCUT2D eigenvalue weighted by Crippen LogP contribution is 2.43. The van der Waals surface area contributed by atoms with Crippen molar-refractivity contribution in [2.45, 2.75) is 58.4 Å². The molecule has 0 aromatic heterocycles. The first kappa shape index (κ1) is 15.4. The van der Waals surface area contributed by atoms with Crippen LogP contribution >= 0.6 is 11.6 Å². The van der Waals surface area contributed by atoms with Gasteiger partial charge in [-0.3, -0.25) is 4.79 Å². The molecule has 1 aromatic rings. The van der Waals surface area contributed by atoms with Gasteiger partial charge in [-0.25, -0.2) is 0 Å². The monoisotopic (exact) mass is 293 g/mol. The molecule has 3 heteroatoms. The fourth-order valence-electron chi connectivity index (χ4n) is 3.35. The Morgan fingerprint density at radius 1 is 1.45 bits per heavy atom. The molecule has 1 aliphatic heterocycles. The standard InChI is InChI=1S/C17H24ClNO/c1-12-7-8-15-14(10-12)13(2)11-17(3,4)19(15)16(20)6-5-9-18/h7-8,10,13H,5-6,9,11H2,1-4H3/t13-/m1/s1.